The number of hydrogen-bond acceptors (Lipinski definition) is 5. The van der Waals surface area contributed by atoms with E-state index in [4.69, 9.17) is 17.3 Å². The Morgan fingerprint density at radius 2 is 2.18 bits per heavy atom. The van der Waals surface area contributed by atoms with Crippen molar-refractivity contribution in [3.8, 4) is 0 Å². The van der Waals surface area contributed by atoms with E-state index in [-0.39, 0.29) is 11.8 Å². The Hall–Kier alpha value is -1.10. The van der Waals surface area contributed by atoms with Crippen LogP contribution in [0.1, 0.15) is 5.82 Å². The van der Waals surface area contributed by atoms with Crippen LogP contribution in [-0.4, -0.2) is 22.0 Å². The van der Waals surface area contributed by atoms with Gasteiger partial charge in [-0.1, -0.05) is 0 Å². The SMILES string of the molecule is CNc1nc(N)nc(CCl)n1. The first kappa shape index (κ1) is 8.00. The van der Waals surface area contributed by atoms with E-state index in [1.807, 2.05) is 0 Å². The van der Waals surface area contributed by atoms with E-state index in [9.17, 15) is 0 Å². The second-order valence-electron chi connectivity index (χ2n) is 1.82. The summed E-state index contributed by atoms with van der Waals surface area (Å²) in [5.74, 6) is 1.33. The van der Waals surface area contributed by atoms with Gasteiger partial charge in [-0.2, -0.15) is 15.0 Å². The van der Waals surface area contributed by atoms with E-state index in [1.165, 1.54) is 0 Å². The maximum atomic E-state index is 5.49. The maximum Gasteiger partial charge on any atom is 0.227 e. The van der Waals surface area contributed by atoms with Crippen LogP contribution in [0.4, 0.5) is 11.9 Å². The zero-order valence-corrected chi connectivity index (χ0v) is 6.76. The van der Waals surface area contributed by atoms with Crippen LogP contribution >= 0.6 is 11.6 Å². The van der Waals surface area contributed by atoms with Crippen molar-refractivity contribution in [2.24, 2.45) is 0 Å². The number of alkyl halides is 1. The van der Waals surface area contributed by atoms with Gasteiger partial charge in [-0.25, -0.2) is 0 Å². The number of halogens is 1. The van der Waals surface area contributed by atoms with Crippen LogP contribution in [-0.2, 0) is 5.88 Å². The molecule has 0 radical (unpaired) electrons. The summed E-state index contributed by atoms with van der Waals surface area (Å²) in [6, 6.07) is 0. The largest absolute Gasteiger partial charge is 0.368 e. The zero-order chi connectivity index (χ0) is 8.27. The van der Waals surface area contributed by atoms with Gasteiger partial charge in [0, 0.05) is 7.05 Å². The summed E-state index contributed by atoms with van der Waals surface area (Å²) in [6.07, 6.45) is 0. The lowest BCUT2D eigenvalue weighted by atomic mass is 10.7. The molecular weight excluding hydrogens is 166 g/mol. The van der Waals surface area contributed by atoms with Gasteiger partial charge in [0.1, 0.15) is 0 Å². The monoisotopic (exact) mass is 173 g/mol. The van der Waals surface area contributed by atoms with Gasteiger partial charge in [0.05, 0.1) is 5.88 Å². The number of nitrogens with two attached hydrogens (primary N) is 1. The number of nitrogens with one attached hydrogen (secondary N) is 1. The Morgan fingerprint density at radius 3 is 2.73 bits per heavy atom. The third kappa shape index (κ3) is 1.91. The third-order valence-corrected chi connectivity index (χ3v) is 1.28. The van der Waals surface area contributed by atoms with E-state index < -0.39 is 0 Å². The Balaban J connectivity index is 3.02. The van der Waals surface area contributed by atoms with Crippen molar-refractivity contribution < 1.29 is 0 Å². The van der Waals surface area contributed by atoms with Crippen LogP contribution in [0.5, 0.6) is 0 Å². The Morgan fingerprint density at radius 1 is 1.45 bits per heavy atom. The molecule has 3 N–H and O–H groups in total. The Labute approximate surface area is 69.0 Å². The molecule has 0 spiro atoms. The van der Waals surface area contributed by atoms with Crippen LogP contribution in [0.2, 0.25) is 0 Å². The molecule has 1 aromatic heterocycles. The second kappa shape index (κ2) is 3.34. The standard InChI is InChI=1S/C5H8ClN5/c1-8-5-10-3(2-6)9-4(7)11-5/h2H2,1H3,(H3,7,8,9,10,11). The van der Waals surface area contributed by atoms with Gasteiger partial charge in [-0.3, -0.25) is 0 Å². The summed E-state index contributed by atoms with van der Waals surface area (Å²) in [5.41, 5.74) is 5.35. The maximum absolute atomic E-state index is 5.49. The van der Waals surface area contributed by atoms with Crippen LogP contribution in [0.25, 0.3) is 0 Å². The molecule has 0 fully saturated rings. The first-order valence-corrected chi connectivity index (χ1v) is 3.54. The molecule has 0 saturated heterocycles. The predicted molar refractivity (Wildman–Crippen MR) is 43.3 cm³/mol. The average molecular weight is 174 g/mol. The lowest BCUT2D eigenvalue weighted by molar-refractivity contribution is 0.974. The highest BCUT2D eigenvalue weighted by molar-refractivity contribution is 6.16. The lowest BCUT2D eigenvalue weighted by Gasteiger charge is -2.00. The quantitative estimate of drug-likeness (QED) is 0.627. The summed E-state index contributed by atoms with van der Waals surface area (Å²) >= 11 is 5.49. The summed E-state index contributed by atoms with van der Waals surface area (Å²) in [7, 11) is 1.70. The molecule has 0 atom stereocenters. The number of nitrogens with zero attached hydrogens (tertiary/aromatic N) is 3. The summed E-state index contributed by atoms with van der Waals surface area (Å²) in [5, 5.41) is 2.74. The van der Waals surface area contributed by atoms with Gasteiger partial charge in [0.15, 0.2) is 5.82 Å². The molecular formula is C5H8ClN5. The average Bonchev–Trinajstić information content (AvgIpc) is 2.03. The Kier molecular flexibility index (Phi) is 2.43. The summed E-state index contributed by atoms with van der Waals surface area (Å²) < 4.78 is 0. The van der Waals surface area contributed by atoms with Crippen LogP contribution in [0.15, 0.2) is 0 Å². The highest BCUT2D eigenvalue weighted by Crippen LogP contribution is 2.02. The number of rotatable bonds is 2. The second-order valence-corrected chi connectivity index (χ2v) is 2.08. The molecule has 0 aliphatic heterocycles. The van der Waals surface area contributed by atoms with Gasteiger partial charge in [0.25, 0.3) is 0 Å². The van der Waals surface area contributed by atoms with Crippen molar-refractivity contribution in [2.45, 2.75) is 5.88 Å². The fraction of sp³-hybridized carbons (Fsp3) is 0.400. The third-order valence-electron chi connectivity index (χ3n) is 1.04. The number of aromatic nitrogens is 3. The minimum Gasteiger partial charge on any atom is -0.368 e. The predicted octanol–water partition coefficient (Wildman–Crippen LogP) is 0.234. The molecule has 0 aromatic carbocycles. The van der Waals surface area contributed by atoms with Gasteiger partial charge in [-0.05, 0) is 0 Å². The van der Waals surface area contributed by atoms with Gasteiger partial charge in [0.2, 0.25) is 11.9 Å². The Bertz CT molecular complexity index is 228. The molecule has 11 heavy (non-hydrogen) atoms. The molecule has 60 valence electrons. The molecule has 6 heteroatoms. The van der Waals surface area contributed by atoms with Crippen molar-refractivity contribution in [1.29, 1.82) is 0 Å². The number of hydrogen-bond donors (Lipinski definition) is 2. The van der Waals surface area contributed by atoms with Crippen molar-refractivity contribution in [3.05, 3.63) is 5.82 Å². The van der Waals surface area contributed by atoms with Crippen molar-refractivity contribution in [1.82, 2.24) is 15.0 Å². The van der Waals surface area contributed by atoms with E-state index in [1.54, 1.807) is 7.05 Å². The summed E-state index contributed by atoms with van der Waals surface area (Å²) in [6.45, 7) is 0. The molecule has 5 nitrogen and oxygen atoms in total. The number of nitrogen functional groups attached to an aromatic ring is 1. The molecule has 0 saturated carbocycles. The minimum absolute atomic E-state index is 0.181. The smallest absolute Gasteiger partial charge is 0.227 e. The van der Waals surface area contributed by atoms with E-state index in [0.29, 0.717) is 11.8 Å². The minimum atomic E-state index is 0.181. The van der Waals surface area contributed by atoms with Crippen molar-refractivity contribution in [3.63, 3.8) is 0 Å². The van der Waals surface area contributed by atoms with Crippen LogP contribution < -0.4 is 11.1 Å². The molecule has 0 bridgehead atoms. The van der Waals surface area contributed by atoms with Crippen LogP contribution in [0.3, 0.4) is 0 Å². The summed E-state index contributed by atoms with van der Waals surface area (Å²) in [4.78, 5) is 11.5. The van der Waals surface area contributed by atoms with Gasteiger partial charge < -0.3 is 11.1 Å². The fourth-order valence-electron chi connectivity index (χ4n) is 0.610. The van der Waals surface area contributed by atoms with E-state index in [0.717, 1.165) is 0 Å². The topological polar surface area (TPSA) is 76.7 Å². The fourth-order valence-corrected chi connectivity index (χ4v) is 0.729. The molecule has 0 unspecified atom stereocenters. The molecule has 1 rings (SSSR count). The molecule has 1 aromatic rings. The molecule has 0 aliphatic rings. The molecule has 0 amide bonds. The lowest BCUT2D eigenvalue weighted by Crippen LogP contribution is -2.05. The van der Waals surface area contributed by atoms with E-state index in [2.05, 4.69) is 20.3 Å². The highest BCUT2D eigenvalue weighted by Gasteiger charge is 1.99. The normalized spacial score (nSPS) is 9.64. The van der Waals surface area contributed by atoms with Gasteiger partial charge >= 0.3 is 0 Å². The zero-order valence-electron chi connectivity index (χ0n) is 6.00. The first-order valence-electron chi connectivity index (χ1n) is 3.00. The van der Waals surface area contributed by atoms with E-state index >= 15 is 0 Å². The van der Waals surface area contributed by atoms with Crippen molar-refractivity contribution >= 4 is 23.5 Å². The van der Waals surface area contributed by atoms with Crippen molar-refractivity contribution in [2.75, 3.05) is 18.1 Å². The molecule has 1 heterocycles. The number of anilines is 2. The van der Waals surface area contributed by atoms with Crippen LogP contribution in [0, 0.1) is 0 Å². The highest BCUT2D eigenvalue weighted by atomic mass is 35.5. The first-order chi connectivity index (χ1) is 5.26. The molecule has 0 aliphatic carbocycles. The van der Waals surface area contributed by atoms with Gasteiger partial charge in [-0.15, -0.1) is 11.6 Å².